The van der Waals surface area contributed by atoms with E-state index < -0.39 is 0 Å². The van der Waals surface area contributed by atoms with E-state index in [1.165, 1.54) is 7.11 Å². The van der Waals surface area contributed by atoms with Gasteiger partial charge in [-0.15, -0.1) is 0 Å². The molecule has 27 heavy (non-hydrogen) atoms. The predicted molar refractivity (Wildman–Crippen MR) is 104 cm³/mol. The molecular weight excluding hydrogens is 342 g/mol. The summed E-state index contributed by atoms with van der Waals surface area (Å²) in [5.41, 5.74) is 3.96. The summed E-state index contributed by atoms with van der Waals surface area (Å²) in [6, 6.07) is 11.5. The number of benzene rings is 2. The third kappa shape index (κ3) is 4.27. The molecule has 1 N–H and O–H groups in total. The van der Waals surface area contributed by atoms with Crippen molar-refractivity contribution >= 4 is 17.0 Å². The van der Waals surface area contributed by atoms with Crippen molar-refractivity contribution in [3.63, 3.8) is 0 Å². The van der Waals surface area contributed by atoms with Gasteiger partial charge in [0.1, 0.15) is 16.8 Å². The number of hydrogen-bond acceptors (Lipinski definition) is 5. The SMILES string of the molecule is COC(=O)CCc1cc(Cn2nc3ccccc3n2)c(O)c(C(C)(C)C)c1. The maximum Gasteiger partial charge on any atom is 0.305 e. The van der Waals surface area contributed by atoms with Crippen LogP contribution in [0.2, 0.25) is 0 Å². The summed E-state index contributed by atoms with van der Waals surface area (Å²) in [7, 11) is 1.39. The Kier molecular flexibility index (Phi) is 5.17. The summed E-state index contributed by atoms with van der Waals surface area (Å²) in [4.78, 5) is 13.1. The lowest BCUT2D eigenvalue weighted by Gasteiger charge is -2.23. The molecule has 3 aromatic rings. The number of phenolic OH excluding ortho intramolecular Hbond substituents is 1. The zero-order valence-electron chi connectivity index (χ0n) is 16.2. The van der Waals surface area contributed by atoms with E-state index in [-0.39, 0.29) is 17.1 Å². The van der Waals surface area contributed by atoms with E-state index >= 15 is 0 Å². The van der Waals surface area contributed by atoms with Crippen molar-refractivity contribution in [2.24, 2.45) is 0 Å². The highest BCUT2D eigenvalue weighted by Crippen LogP contribution is 2.35. The van der Waals surface area contributed by atoms with E-state index in [0.29, 0.717) is 19.4 Å². The van der Waals surface area contributed by atoms with Crippen molar-refractivity contribution < 1.29 is 14.6 Å². The number of carbonyl (C=O) groups excluding carboxylic acids is 1. The number of carbonyl (C=O) groups is 1. The molecule has 142 valence electrons. The van der Waals surface area contributed by atoms with Crippen LogP contribution < -0.4 is 0 Å². The summed E-state index contributed by atoms with van der Waals surface area (Å²) in [5, 5.41) is 19.8. The Labute approximate surface area is 158 Å². The van der Waals surface area contributed by atoms with Crippen molar-refractivity contribution in [1.29, 1.82) is 0 Å². The lowest BCUT2D eigenvalue weighted by Crippen LogP contribution is -2.14. The molecule has 0 aliphatic rings. The molecule has 6 heteroatoms. The fraction of sp³-hybridized carbons (Fsp3) is 0.381. The molecule has 0 radical (unpaired) electrons. The molecule has 0 aliphatic carbocycles. The number of rotatable bonds is 5. The van der Waals surface area contributed by atoms with E-state index in [1.54, 1.807) is 4.80 Å². The minimum Gasteiger partial charge on any atom is -0.507 e. The second-order valence-corrected chi connectivity index (χ2v) is 7.70. The first-order chi connectivity index (χ1) is 12.8. The van der Waals surface area contributed by atoms with Crippen molar-refractivity contribution in [3.8, 4) is 5.75 Å². The van der Waals surface area contributed by atoms with Gasteiger partial charge in [0.05, 0.1) is 13.7 Å². The van der Waals surface area contributed by atoms with E-state index in [4.69, 9.17) is 4.74 Å². The number of aryl methyl sites for hydroxylation is 1. The number of esters is 1. The highest BCUT2D eigenvalue weighted by molar-refractivity contribution is 5.73. The zero-order valence-corrected chi connectivity index (χ0v) is 16.2. The topological polar surface area (TPSA) is 77.2 Å². The molecule has 1 heterocycles. The van der Waals surface area contributed by atoms with Gasteiger partial charge < -0.3 is 9.84 Å². The van der Waals surface area contributed by atoms with E-state index in [9.17, 15) is 9.90 Å². The fourth-order valence-corrected chi connectivity index (χ4v) is 3.07. The van der Waals surface area contributed by atoms with E-state index in [1.807, 2.05) is 36.4 Å². The van der Waals surface area contributed by atoms with Gasteiger partial charge in [-0.2, -0.15) is 15.0 Å². The number of aromatic hydroxyl groups is 1. The molecule has 0 spiro atoms. The molecule has 0 amide bonds. The monoisotopic (exact) mass is 367 g/mol. The van der Waals surface area contributed by atoms with Gasteiger partial charge in [-0.25, -0.2) is 0 Å². The van der Waals surface area contributed by atoms with Crippen LogP contribution in [0.3, 0.4) is 0 Å². The smallest absolute Gasteiger partial charge is 0.305 e. The average Bonchev–Trinajstić information content (AvgIpc) is 3.03. The summed E-state index contributed by atoms with van der Waals surface area (Å²) in [6.07, 6.45) is 0.853. The maximum atomic E-state index is 11.5. The number of ether oxygens (including phenoxy) is 1. The number of fused-ring (bicyclic) bond motifs is 1. The number of phenols is 1. The molecule has 0 saturated carbocycles. The summed E-state index contributed by atoms with van der Waals surface area (Å²) in [6.45, 7) is 6.51. The van der Waals surface area contributed by atoms with Crippen LogP contribution in [0.5, 0.6) is 5.75 Å². The lowest BCUT2D eigenvalue weighted by molar-refractivity contribution is -0.140. The molecular formula is C21H25N3O3. The summed E-state index contributed by atoms with van der Waals surface area (Å²) >= 11 is 0. The highest BCUT2D eigenvalue weighted by Gasteiger charge is 2.22. The van der Waals surface area contributed by atoms with Crippen molar-refractivity contribution in [2.75, 3.05) is 7.11 Å². The molecule has 3 rings (SSSR count). The van der Waals surface area contributed by atoms with Gasteiger partial charge in [-0.3, -0.25) is 4.79 Å². The van der Waals surface area contributed by atoms with Gasteiger partial charge >= 0.3 is 5.97 Å². The number of hydrogen-bond donors (Lipinski definition) is 1. The van der Waals surface area contributed by atoms with Crippen molar-refractivity contribution in [1.82, 2.24) is 15.0 Å². The first-order valence-electron chi connectivity index (χ1n) is 9.00. The van der Waals surface area contributed by atoms with E-state index in [2.05, 4.69) is 31.0 Å². The first-order valence-corrected chi connectivity index (χ1v) is 9.00. The molecule has 1 aromatic heterocycles. The zero-order chi connectivity index (χ0) is 19.6. The Bertz CT molecular complexity index is 937. The summed E-state index contributed by atoms with van der Waals surface area (Å²) in [5.74, 6) is 0.00704. The normalized spacial score (nSPS) is 11.7. The molecule has 0 bridgehead atoms. The Morgan fingerprint density at radius 3 is 2.33 bits per heavy atom. The Morgan fingerprint density at radius 1 is 1.15 bits per heavy atom. The van der Waals surface area contributed by atoms with Crippen molar-refractivity contribution in [2.45, 2.75) is 45.6 Å². The molecule has 0 aliphatic heterocycles. The van der Waals surface area contributed by atoms with Crippen LogP contribution in [0.25, 0.3) is 11.0 Å². The van der Waals surface area contributed by atoms with Crippen LogP contribution in [0.4, 0.5) is 0 Å². The molecule has 0 fully saturated rings. The third-order valence-corrected chi connectivity index (χ3v) is 4.54. The number of nitrogens with zero attached hydrogens (tertiary/aromatic N) is 3. The predicted octanol–water partition coefficient (Wildman–Crippen LogP) is 3.59. The molecule has 0 atom stereocenters. The van der Waals surface area contributed by atoms with Crippen LogP contribution in [0.15, 0.2) is 36.4 Å². The minimum absolute atomic E-state index is 0.234. The van der Waals surface area contributed by atoms with Gasteiger partial charge in [-0.1, -0.05) is 45.0 Å². The molecule has 0 saturated heterocycles. The van der Waals surface area contributed by atoms with Crippen molar-refractivity contribution in [3.05, 3.63) is 53.1 Å². The van der Waals surface area contributed by atoms with Crippen LogP contribution in [-0.2, 0) is 27.9 Å². The summed E-state index contributed by atoms with van der Waals surface area (Å²) < 4.78 is 4.74. The molecule has 2 aromatic carbocycles. The van der Waals surface area contributed by atoms with E-state index in [0.717, 1.165) is 27.7 Å². The second-order valence-electron chi connectivity index (χ2n) is 7.70. The standard InChI is InChI=1S/C21H25N3O3/c1-21(2,3)16-12-14(9-10-19(25)27-4)11-15(20(16)26)13-24-22-17-7-5-6-8-18(17)23-24/h5-8,11-12,26H,9-10,13H2,1-4H3. The largest absolute Gasteiger partial charge is 0.507 e. The minimum atomic E-state index is -0.248. The van der Waals surface area contributed by atoms with Crippen LogP contribution >= 0.6 is 0 Å². The Hall–Kier alpha value is -2.89. The fourth-order valence-electron chi connectivity index (χ4n) is 3.07. The van der Waals surface area contributed by atoms with Gasteiger partial charge in [0, 0.05) is 12.0 Å². The maximum absolute atomic E-state index is 11.5. The second kappa shape index (κ2) is 7.39. The Balaban J connectivity index is 1.97. The lowest BCUT2D eigenvalue weighted by atomic mass is 9.83. The van der Waals surface area contributed by atoms with Gasteiger partial charge in [0.2, 0.25) is 0 Å². The Morgan fingerprint density at radius 2 is 1.78 bits per heavy atom. The van der Waals surface area contributed by atoms with Gasteiger partial charge in [-0.05, 0) is 35.1 Å². The first kappa shape index (κ1) is 18.9. The van der Waals surface area contributed by atoms with Gasteiger partial charge in [0.25, 0.3) is 0 Å². The molecule has 0 unspecified atom stereocenters. The van der Waals surface area contributed by atoms with Gasteiger partial charge in [0.15, 0.2) is 0 Å². The number of aromatic nitrogens is 3. The van der Waals surface area contributed by atoms with Crippen LogP contribution in [0, 0.1) is 0 Å². The van der Waals surface area contributed by atoms with Crippen LogP contribution in [0.1, 0.15) is 43.9 Å². The quantitative estimate of drug-likeness (QED) is 0.698. The average molecular weight is 367 g/mol. The number of methoxy groups -OCH3 is 1. The molecule has 6 nitrogen and oxygen atoms in total. The van der Waals surface area contributed by atoms with Crippen LogP contribution in [-0.4, -0.2) is 33.2 Å². The highest BCUT2D eigenvalue weighted by atomic mass is 16.5. The third-order valence-electron chi connectivity index (χ3n) is 4.54.